The maximum Gasteiger partial charge on any atom is 0.224 e. The van der Waals surface area contributed by atoms with Crippen LogP contribution >= 0.6 is 11.6 Å². The molecule has 2 heterocycles. The predicted octanol–water partition coefficient (Wildman–Crippen LogP) is 4.25. The van der Waals surface area contributed by atoms with Gasteiger partial charge in [0.1, 0.15) is 5.75 Å². The van der Waals surface area contributed by atoms with Crippen LogP contribution < -0.4 is 15.4 Å². The Morgan fingerprint density at radius 3 is 2.64 bits per heavy atom. The van der Waals surface area contributed by atoms with Crippen molar-refractivity contribution in [3.63, 3.8) is 0 Å². The van der Waals surface area contributed by atoms with Crippen molar-refractivity contribution in [2.75, 3.05) is 18.4 Å². The topological polar surface area (TPSA) is 63.2 Å². The largest absolute Gasteiger partial charge is 0.439 e. The molecule has 1 aromatic heterocycles. The first-order valence-corrected chi connectivity index (χ1v) is 8.97. The molecule has 0 unspecified atom stereocenters. The lowest BCUT2D eigenvalue weighted by atomic mass is 9.93. The lowest BCUT2D eigenvalue weighted by Crippen LogP contribution is -2.28. The van der Waals surface area contributed by atoms with E-state index in [2.05, 4.69) is 15.6 Å². The standard InChI is InChI=1S/C19H22ClN3O2/c20-15-2-8-19(22-13-15)25-17-5-3-16(4-6-17)23-18(24)7-1-14-9-11-21-12-10-14/h2-6,8,13-14,21H,1,7,9-12H2,(H,23,24). The summed E-state index contributed by atoms with van der Waals surface area (Å²) in [6, 6.07) is 10.7. The predicted molar refractivity (Wildman–Crippen MR) is 99.2 cm³/mol. The zero-order valence-electron chi connectivity index (χ0n) is 14.0. The number of amides is 1. The van der Waals surface area contributed by atoms with Crippen LogP contribution in [0.2, 0.25) is 5.02 Å². The number of rotatable bonds is 6. The van der Waals surface area contributed by atoms with Crippen molar-refractivity contribution in [1.82, 2.24) is 10.3 Å². The lowest BCUT2D eigenvalue weighted by molar-refractivity contribution is -0.116. The van der Waals surface area contributed by atoms with Gasteiger partial charge >= 0.3 is 0 Å². The molecule has 1 amide bonds. The quantitative estimate of drug-likeness (QED) is 0.809. The summed E-state index contributed by atoms with van der Waals surface area (Å²) in [6.45, 7) is 2.13. The number of benzene rings is 1. The number of halogens is 1. The van der Waals surface area contributed by atoms with Gasteiger partial charge in [0, 0.05) is 24.4 Å². The van der Waals surface area contributed by atoms with Gasteiger partial charge < -0.3 is 15.4 Å². The molecule has 0 bridgehead atoms. The van der Waals surface area contributed by atoms with Gasteiger partial charge in [-0.1, -0.05) is 11.6 Å². The SMILES string of the molecule is O=C(CCC1CCNCC1)Nc1ccc(Oc2ccc(Cl)cn2)cc1. The van der Waals surface area contributed by atoms with E-state index in [0.717, 1.165) is 38.0 Å². The number of nitrogens with zero attached hydrogens (tertiary/aromatic N) is 1. The number of carbonyl (C=O) groups excluding carboxylic acids is 1. The van der Waals surface area contributed by atoms with Gasteiger partial charge in [0.25, 0.3) is 0 Å². The number of ether oxygens (including phenoxy) is 1. The van der Waals surface area contributed by atoms with E-state index in [-0.39, 0.29) is 5.91 Å². The Hall–Kier alpha value is -2.11. The van der Waals surface area contributed by atoms with Crippen LogP contribution in [0.5, 0.6) is 11.6 Å². The van der Waals surface area contributed by atoms with Gasteiger partial charge in [-0.05, 0) is 68.6 Å². The van der Waals surface area contributed by atoms with Crippen LogP contribution in [-0.2, 0) is 4.79 Å². The molecule has 2 N–H and O–H groups in total. The highest BCUT2D eigenvalue weighted by molar-refractivity contribution is 6.30. The summed E-state index contributed by atoms with van der Waals surface area (Å²) in [6.07, 6.45) is 5.39. The average Bonchev–Trinajstić information content (AvgIpc) is 2.64. The van der Waals surface area contributed by atoms with Crippen LogP contribution in [0.4, 0.5) is 5.69 Å². The first kappa shape index (κ1) is 17.7. The Morgan fingerprint density at radius 2 is 1.96 bits per heavy atom. The summed E-state index contributed by atoms with van der Waals surface area (Å²) in [7, 11) is 0. The highest BCUT2D eigenvalue weighted by Gasteiger charge is 2.14. The summed E-state index contributed by atoms with van der Waals surface area (Å²) in [5, 5.41) is 6.85. The minimum atomic E-state index is 0.0616. The molecule has 3 rings (SSSR count). The molecule has 0 spiro atoms. The zero-order valence-corrected chi connectivity index (χ0v) is 14.8. The minimum absolute atomic E-state index is 0.0616. The molecular formula is C19H22ClN3O2. The van der Waals surface area contributed by atoms with Gasteiger partial charge in [-0.15, -0.1) is 0 Å². The van der Waals surface area contributed by atoms with Crippen molar-refractivity contribution in [3.05, 3.63) is 47.6 Å². The third-order valence-corrected chi connectivity index (χ3v) is 4.52. The molecule has 0 radical (unpaired) electrons. The number of pyridine rings is 1. The van der Waals surface area contributed by atoms with Crippen LogP contribution in [-0.4, -0.2) is 24.0 Å². The number of hydrogen-bond acceptors (Lipinski definition) is 4. The number of carbonyl (C=O) groups is 1. The van der Waals surface area contributed by atoms with Gasteiger partial charge in [0.2, 0.25) is 11.8 Å². The second-order valence-corrected chi connectivity index (χ2v) is 6.66. The molecular weight excluding hydrogens is 338 g/mol. The van der Waals surface area contributed by atoms with Crippen molar-refractivity contribution in [3.8, 4) is 11.6 Å². The van der Waals surface area contributed by atoms with Gasteiger partial charge in [0.15, 0.2) is 0 Å². The Morgan fingerprint density at radius 1 is 1.20 bits per heavy atom. The molecule has 2 aromatic rings. The third-order valence-electron chi connectivity index (χ3n) is 4.30. The molecule has 0 aliphatic carbocycles. The fourth-order valence-corrected chi connectivity index (χ4v) is 2.99. The zero-order chi connectivity index (χ0) is 17.5. The summed E-state index contributed by atoms with van der Waals surface area (Å²) in [4.78, 5) is 16.2. The number of anilines is 1. The van der Waals surface area contributed by atoms with Crippen LogP contribution in [0.15, 0.2) is 42.6 Å². The van der Waals surface area contributed by atoms with Gasteiger partial charge in [-0.3, -0.25) is 4.79 Å². The van der Waals surface area contributed by atoms with Crippen LogP contribution in [0.25, 0.3) is 0 Å². The van der Waals surface area contributed by atoms with Crippen molar-refractivity contribution >= 4 is 23.2 Å². The second-order valence-electron chi connectivity index (χ2n) is 6.22. The summed E-state index contributed by atoms with van der Waals surface area (Å²) in [5.41, 5.74) is 0.770. The highest BCUT2D eigenvalue weighted by Crippen LogP contribution is 2.23. The highest BCUT2D eigenvalue weighted by atomic mass is 35.5. The summed E-state index contributed by atoms with van der Waals surface area (Å²) < 4.78 is 5.63. The van der Waals surface area contributed by atoms with Crippen molar-refractivity contribution < 1.29 is 9.53 Å². The first-order valence-electron chi connectivity index (χ1n) is 8.59. The normalized spacial score (nSPS) is 14.9. The van der Waals surface area contributed by atoms with E-state index in [1.165, 1.54) is 6.20 Å². The monoisotopic (exact) mass is 359 g/mol. The summed E-state index contributed by atoms with van der Waals surface area (Å²) in [5.74, 6) is 1.85. The van der Waals surface area contributed by atoms with Crippen LogP contribution in [0, 0.1) is 5.92 Å². The molecule has 25 heavy (non-hydrogen) atoms. The van der Waals surface area contributed by atoms with E-state index in [1.807, 2.05) is 12.1 Å². The molecule has 1 aliphatic rings. The third kappa shape index (κ3) is 5.73. The van der Waals surface area contributed by atoms with Crippen molar-refractivity contribution in [1.29, 1.82) is 0 Å². The van der Waals surface area contributed by atoms with E-state index in [4.69, 9.17) is 16.3 Å². The molecule has 0 saturated carbocycles. The lowest BCUT2D eigenvalue weighted by Gasteiger charge is -2.22. The smallest absolute Gasteiger partial charge is 0.224 e. The molecule has 1 fully saturated rings. The maximum atomic E-state index is 12.1. The molecule has 132 valence electrons. The molecule has 1 aliphatic heterocycles. The fraction of sp³-hybridized carbons (Fsp3) is 0.368. The molecule has 1 saturated heterocycles. The fourth-order valence-electron chi connectivity index (χ4n) is 2.88. The van der Waals surface area contributed by atoms with E-state index >= 15 is 0 Å². The number of hydrogen-bond donors (Lipinski definition) is 2. The Bertz CT molecular complexity index is 683. The molecule has 1 aromatic carbocycles. The van der Waals surface area contributed by atoms with Crippen molar-refractivity contribution in [2.24, 2.45) is 5.92 Å². The van der Waals surface area contributed by atoms with Gasteiger partial charge in [-0.25, -0.2) is 4.98 Å². The van der Waals surface area contributed by atoms with Gasteiger partial charge in [-0.2, -0.15) is 0 Å². The van der Waals surface area contributed by atoms with E-state index in [0.29, 0.717) is 29.0 Å². The number of nitrogens with one attached hydrogen (secondary N) is 2. The molecule has 5 nitrogen and oxygen atoms in total. The van der Waals surface area contributed by atoms with E-state index in [1.54, 1.807) is 24.3 Å². The average molecular weight is 360 g/mol. The maximum absolute atomic E-state index is 12.1. The van der Waals surface area contributed by atoms with E-state index in [9.17, 15) is 4.79 Å². The Kier molecular flexibility index (Phi) is 6.25. The Balaban J connectivity index is 1.46. The number of piperidine rings is 1. The number of aromatic nitrogens is 1. The Labute approximate surface area is 152 Å². The van der Waals surface area contributed by atoms with Gasteiger partial charge in [0.05, 0.1) is 5.02 Å². The molecule has 6 heteroatoms. The van der Waals surface area contributed by atoms with E-state index < -0.39 is 0 Å². The van der Waals surface area contributed by atoms with Crippen LogP contribution in [0.3, 0.4) is 0 Å². The minimum Gasteiger partial charge on any atom is -0.439 e. The summed E-state index contributed by atoms with van der Waals surface area (Å²) >= 11 is 5.80. The second kappa shape index (κ2) is 8.83. The van der Waals surface area contributed by atoms with Crippen LogP contribution in [0.1, 0.15) is 25.7 Å². The molecule has 0 atom stereocenters. The first-order chi connectivity index (χ1) is 12.2. The van der Waals surface area contributed by atoms with Crippen molar-refractivity contribution in [2.45, 2.75) is 25.7 Å².